The number of likely N-dealkylation sites (tertiary alicyclic amines) is 1. The number of carbonyl (C=O) groups excluding carboxylic acids is 1. The SMILES string of the molecule is Cc1cn(-c2cc(N)cc(CN3CC[C@@H](F)C(CNC(=O)OC(C)(C)C)C3)c2)cn1. The summed E-state index contributed by atoms with van der Waals surface area (Å²) >= 11 is 0. The molecule has 1 aromatic carbocycles. The number of imidazole rings is 1. The van der Waals surface area contributed by atoms with Crippen molar-refractivity contribution in [2.75, 3.05) is 25.4 Å². The molecule has 1 aliphatic heterocycles. The van der Waals surface area contributed by atoms with Gasteiger partial charge in [-0.1, -0.05) is 0 Å². The third-order valence-electron chi connectivity index (χ3n) is 5.05. The summed E-state index contributed by atoms with van der Waals surface area (Å²) in [6.45, 7) is 9.50. The summed E-state index contributed by atoms with van der Waals surface area (Å²) in [6, 6.07) is 5.93. The van der Waals surface area contributed by atoms with Crippen LogP contribution in [0.4, 0.5) is 14.9 Å². The fraction of sp³-hybridized carbons (Fsp3) is 0.545. The zero-order chi connectivity index (χ0) is 21.9. The van der Waals surface area contributed by atoms with Gasteiger partial charge in [0.15, 0.2) is 0 Å². The quantitative estimate of drug-likeness (QED) is 0.728. The second-order valence-corrected chi connectivity index (χ2v) is 9.04. The standard InChI is InChI=1S/C22H32FN5O2/c1-15-11-28(14-26-15)19-8-16(7-18(24)9-19)12-27-6-5-20(23)17(13-27)10-25-21(29)30-22(2,3)4/h7-9,11,14,17,20H,5-6,10,12-13,24H2,1-4H3,(H,25,29)/t17?,20-/m1/s1. The monoisotopic (exact) mass is 417 g/mol. The Morgan fingerprint density at radius 3 is 2.80 bits per heavy atom. The fourth-order valence-electron chi connectivity index (χ4n) is 3.70. The maximum Gasteiger partial charge on any atom is 0.407 e. The summed E-state index contributed by atoms with van der Waals surface area (Å²) in [5.74, 6) is -0.275. The van der Waals surface area contributed by atoms with Gasteiger partial charge >= 0.3 is 6.09 Å². The second kappa shape index (κ2) is 9.04. The second-order valence-electron chi connectivity index (χ2n) is 9.04. The Labute approximate surface area is 177 Å². The molecule has 1 saturated heterocycles. The van der Waals surface area contributed by atoms with Crippen molar-refractivity contribution in [2.24, 2.45) is 5.92 Å². The van der Waals surface area contributed by atoms with Crippen LogP contribution in [-0.2, 0) is 11.3 Å². The topological polar surface area (TPSA) is 85.4 Å². The highest BCUT2D eigenvalue weighted by molar-refractivity contribution is 5.67. The smallest absolute Gasteiger partial charge is 0.407 e. The van der Waals surface area contributed by atoms with E-state index in [1.165, 1.54) is 0 Å². The van der Waals surface area contributed by atoms with Crippen LogP contribution in [0, 0.1) is 12.8 Å². The number of hydrogen-bond acceptors (Lipinski definition) is 5. The predicted molar refractivity (Wildman–Crippen MR) is 115 cm³/mol. The number of carbonyl (C=O) groups is 1. The maximum absolute atomic E-state index is 14.5. The summed E-state index contributed by atoms with van der Waals surface area (Å²) in [5, 5.41) is 2.71. The molecule has 2 aromatic rings. The van der Waals surface area contributed by atoms with E-state index in [0.29, 0.717) is 31.7 Å². The van der Waals surface area contributed by atoms with Gasteiger partial charge in [-0.15, -0.1) is 0 Å². The normalized spacial score (nSPS) is 20.2. The number of hydrogen-bond donors (Lipinski definition) is 2. The molecule has 30 heavy (non-hydrogen) atoms. The van der Waals surface area contributed by atoms with Gasteiger partial charge in [0.05, 0.1) is 12.0 Å². The molecular weight excluding hydrogens is 385 g/mol. The van der Waals surface area contributed by atoms with E-state index >= 15 is 0 Å². The molecular formula is C22H32FN5O2. The van der Waals surface area contributed by atoms with E-state index in [4.69, 9.17) is 10.5 Å². The molecule has 0 aliphatic carbocycles. The molecule has 1 aliphatic rings. The Kier molecular flexibility index (Phi) is 6.65. The van der Waals surface area contributed by atoms with Gasteiger partial charge < -0.3 is 20.4 Å². The lowest BCUT2D eigenvalue weighted by molar-refractivity contribution is 0.0456. The Morgan fingerprint density at radius 1 is 1.37 bits per heavy atom. The summed E-state index contributed by atoms with van der Waals surface area (Å²) in [7, 11) is 0. The molecule has 1 fully saturated rings. The summed E-state index contributed by atoms with van der Waals surface area (Å²) < 4.78 is 21.6. The number of alkyl halides is 1. The summed E-state index contributed by atoms with van der Waals surface area (Å²) in [4.78, 5) is 18.4. The van der Waals surface area contributed by atoms with E-state index in [1.54, 1.807) is 27.1 Å². The van der Waals surface area contributed by atoms with Gasteiger partial charge in [-0.3, -0.25) is 4.90 Å². The van der Waals surface area contributed by atoms with Gasteiger partial charge in [0.25, 0.3) is 0 Å². The molecule has 1 unspecified atom stereocenters. The number of nitrogen functional groups attached to an aromatic ring is 1. The molecule has 2 heterocycles. The number of benzene rings is 1. The number of amides is 1. The zero-order valence-corrected chi connectivity index (χ0v) is 18.2. The van der Waals surface area contributed by atoms with Crippen molar-refractivity contribution in [3.63, 3.8) is 0 Å². The van der Waals surface area contributed by atoms with E-state index in [1.807, 2.05) is 29.8 Å². The van der Waals surface area contributed by atoms with Crippen LogP contribution in [0.1, 0.15) is 38.4 Å². The van der Waals surface area contributed by atoms with Crippen molar-refractivity contribution >= 4 is 11.8 Å². The van der Waals surface area contributed by atoms with Crippen LogP contribution >= 0.6 is 0 Å². The molecule has 7 nitrogen and oxygen atoms in total. The Balaban J connectivity index is 1.61. The van der Waals surface area contributed by atoms with Crippen molar-refractivity contribution in [1.29, 1.82) is 0 Å². The lowest BCUT2D eigenvalue weighted by Gasteiger charge is -2.35. The molecule has 3 rings (SSSR count). The third kappa shape index (κ3) is 6.19. The first-order valence-electron chi connectivity index (χ1n) is 10.3. The van der Waals surface area contributed by atoms with Crippen molar-refractivity contribution in [3.8, 4) is 5.69 Å². The summed E-state index contributed by atoms with van der Waals surface area (Å²) in [6.07, 6.45) is 2.70. The van der Waals surface area contributed by atoms with E-state index < -0.39 is 17.9 Å². The van der Waals surface area contributed by atoms with Crippen LogP contribution in [0.15, 0.2) is 30.7 Å². The van der Waals surface area contributed by atoms with E-state index in [9.17, 15) is 9.18 Å². The van der Waals surface area contributed by atoms with Crippen molar-refractivity contribution in [3.05, 3.63) is 42.0 Å². The molecule has 0 bridgehead atoms. The fourth-order valence-corrected chi connectivity index (χ4v) is 3.70. The average Bonchev–Trinajstić information content (AvgIpc) is 3.07. The first-order valence-corrected chi connectivity index (χ1v) is 10.3. The Morgan fingerprint density at radius 2 is 2.13 bits per heavy atom. The van der Waals surface area contributed by atoms with E-state index in [2.05, 4.69) is 21.3 Å². The lowest BCUT2D eigenvalue weighted by atomic mass is 9.95. The molecule has 0 saturated carbocycles. The molecule has 0 radical (unpaired) electrons. The highest BCUT2D eigenvalue weighted by Gasteiger charge is 2.30. The van der Waals surface area contributed by atoms with Crippen LogP contribution in [0.5, 0.6) is 0 Å². The third-order valence-corrected chi connectivity index (χ3v) is 5.05. The maximum atomic E-state index is 14.5. The number of nitrogens with two attached hydrogens (primary N) is 1. The molecule has 3 N–H and O–H groups in total. The van der Waals surface area contributed by atoms with E-state index in [-0.39, 0.29) is 12.5 Å². The van der Waals surface area contributed by atoms with Crippen LogP contribution in [0.3, 0.4) is 0 Å². The lowest BCUT2D eigenvalue weighted by Crippen LogP contribution is -2.46. The number of rotatable bonds is 5. The van der Waals surface area contributed by atoms with Gasteiger partial charge in [0, 0.05) is 49.7 Å². The van der Waals surface area contributed by atoms with Gasteiger partial charge in [0.1, 0.15) is 11.8 Å². The molecule has 8 heteroatoms. The predicted octanol–water partition coefficient (Wildman–Crippen LogP) is 3.45. The van der Waals surface area contributed by atoms with Gasteiger partial charge in [-0.05, 0) is 57.9 Å². The number of piperidine rings is 1. The number of aromatic nitrogens is 2. The Hall–Kier alpha value is -2.61. The highest BCUT2D eigenvalue weighted by atomic mass is 19.1. The first-order chi connectivity index (χ1) is 14.1. The minimum Gasteiger partial charge on any atom is -0.444 e. The molecule has 164 valence electrons. The van der Waals surface area contributed by atoms with Crippen molar-refractivity contribution in [2.45, 2.75) is 52.4 Å². The van der Waals surface area contributed by atoms with Crippen molar-refractivity contribution < 1.29 is 13.9 Å². The molecule has 1 aromatic heterocycles. The van der Waals surface area contributed by atoms with Gasteiger partial charge in [-0.25, -0.2) is 14.2 Å². The summed E-state index contributed by atoms with van der Waals surface area (Å²) in [5.41, 5.74) is 9.17. The average molecular weight is 418 g/mol. The van der Waals surface area contributed by atoms with Crippen LogP contribution in [0.25, 0.3) is 5.69 Å². The largest absolute Gasteiger partial charge is 0.444 e. The molecule has 1 amide bonds. The minimum atomic E-state index is -0.943. The van der Waals surface area contributed by atoms with Crippen molar-refractivity contribution in [1.82, 2.24) is 19.8 Å². The highest BCUT2D eigenvalue weighted by Crippen LogP contribution is 2.24. The van der Waals surface area contributed by atoms with Gasteiger partial charge in [-0.2, -0.15) is 0 Å². The molecule has 2 atom stereocenters. The number of anilines is 1. The molecule has 0 spiro atoms. The number of nitrogens with zero attached hydrogens (tertiary/aromatic N) is 3. The number of ether oxygens (including phenoxy) is 1. The number of nitrogens with one attached hydrogen (secondary N) is 1. The van der Waals surface area contributed by atoms with E-state index in [0.717, 1.165) is 16.9 Å². The number of alkyl carbamates (subject to hydrolysis) is 1. The van der Waals surface area contributed by atoms with Crippen LogP contribution in [-0.4, -0.2) is 52.0 Å². The van der Waals surface area contributed by atoms with Gasteiger partial charge in [0.2, 0.25) is 0 Å². The minimum absolute atomic E-state index is 0.253. The Bertz CT molecular complexity index is 877. The van der Waals surface area contributed by atoms with Crippen LogP contribution in [0.2, 0.25) is 0 Å². The number of halogens is 1. The zero-order valence-electron chi connectivity index (χ0n) is 18.2. The first kappa shape index (κ1) is 22.1. The number of aryl methyl sites for hydroxylation is 1. The van der Waals surface area contributed by atoms with Crippen LogP contribution < -0.4 is 11.1 Å².